The predicted octanol–water partition coefficient (Wildman–Crippen LogP) is 2.03. The minimum absolute atomic E-state index is 0.0159. The molecule has 24 heavy (non-hydrogen) atoms. The van der Waals surface area contributed by atoms with Crippen molar-refractivity contribution in [2.24, 2.45) is 10.3 Å². The molecule has 0 aliphatic carbocycles. The molecule has 2 heterocycles. The fourth-order valence-corrected chi connectivity index (χ4v) is 3.08. The number of benzene rings is 1. The normalized spacial score (nSPS) is 24.3. The molecular formula is C15H19N5O4. The van der Waals surface area contributed by atoms with E-state index in [9.17, 15) is 14.9 Å². The van der Waals surface area contributed by atoms with Crippen LogP contribution in [0, 0.1) is 10.1 Å². The molecule has 0 aromatic heterocycles. The van der Waals surface area contributed by atoms with Gasteiger partial charge in [0.2, 0.25) is 0 Å². The van der Waals surface area contributed by atoms with Crippen LogP contribution in [0.25, 0.3) is 0 Å². The Morgan fingerprint density at radius 3 is 2.79 bits per heavy atom. The highest BCUT2D eigenvalue weighted by Crippen LogP contribution is 2.33. The van der Waals surface area contributed by atoms with Crippen molar-refractivity contribution in [3.63, 3.8) is 0 Å². The van der Waals surface area contributed by atoms with E-state index in [1.54, 1.807) is 11.1 Å². The second kappa shape index (κ2) is 7.02. The van der Waals surface area contributed by atoms with Crippen molar-refractivity contribution >= 4 is 17.7 Å². The lowest BCUT2D eigenvalue weighted by Crippen LogP contribution is -2.53. The van der Waals surface area contributed by atoms with Gasteiger partial charge in [-0.2, -0.15) is 5.11 Å². The van der Waals surface area contributed by atoms with E-state index in [0.717, 1.165) is 19.5 Å². The number of ether oxygens (including phenoxy) is 1. The Kier molecular flexibility index (Phi) is 4.81. The average Bonchev–Trinajstić information content (AvgIpc) is 3.05. The summed E-state index contributed by atoms with van der Waals surface area (Å²) >= 11 is 0. The monoisotopic (exact) mass is 333 g/mol. The largest absolute Gasteiger partial charge is 0.379 e. The fourth-order valence-electron chi connectivity index (χ4n) is 3.08. The lowest BCUT2D eigenvalue weighted by molar-refractivity contribution is -0.384. The SMILES string of the molecule is CCC1N=NN(c2ccc([N+](=O)[O-])cc2C=O)C1N1CCOCC1. The second-order valence-electron chi connectivity index (χ2n) is 5.71. The summed E-state index contributed by atoms with van der Waals surface area (Å²) in [6.07, 6.45) is 1.32. The molecule has 2 atom stereocenters. The lowest BCUT2D eigenvalue weighted by Gasteiger charge is -2.38. The lowest BCUT2D eigenvalue weighted by atomic mass is 10.1. The molecule has 0 bridgehead atoms. The molecule has 0 radical (unpaired) electrons. The Bertz CT molecular complexity index is 659. The van der Waals surface area contributed by atoms with Crippen LogP contribution in [0.5, 0.6) is 0 Å². The summed E-state index contributed by atoms with van der Waals surface area (Å²) in [5.41, 5.74) is 0.650. The Balaban J connectivity index is 1.95. The van der Waals surface area contributed by atoms with E-state index in [0.29, 0.717) is 25.2 Å². The molecule has 3 rings (SSSR count). The van der Waals surface area contributed by atoms with Gasteiger partial charge in [0, 0.05) is 30.8 Å². The Hall–Kier alpha value is -2.39. The van der Waals surface area contributed by atoms with Crippen LogP contribution in [0.2, 0.25) is 0 Å². The molecule has 9 heteroatoms. The number of carbonyl (C=O) groups excluding carboxylic acids is 1. The minimum atomic E-state index is -0.517. The molecule has 0 spiro atoms. The molecule has 2 aliphatic rings. The summed E-state index contributed by atoms with van der Waals surface area (Å²) in [6.45, 7) is 4.83. The van der Waals surface area contributed by atoms with Crippen LogP contribution in [0.15, 0.2) is 28.5 Å². The molecule has 1 aromatic rings. The minimum Gasteiger partial charge on any atom is -0.379 e. The fraction of sp³-hybridized carbons (Fsp3) is 0.533. The zero-order chi connectivity index (χ0) is 17.1. The van der Waals surface area contributed by atoms with Crippen LogP contribution in [-0.2, 0) is 4.74 Å². The van der Waals surface area contributed by atoms with E-state index in [-0.39, 0.29) is 23.5 Å². The van der Waals surface area contributed by atoms with E-state index in [1.807, 2.05) is 6.92 Å². The third kappa shape index (κ3) is 3.00. The molecule has 128 valence electrons. The first-order valence-corrected chi connectivity index (χ1v) is 7.91. The topological polar surface area (TPSA) is 101 Å². The highest BCUT2D eigenvalue weighted by atomic mass is 16.6. The van der Waals surface area contributed by atoms with Gasteiger partial charge in [0.25, 0.3) is 5.69 Å². The number of rotatable bonds is 5. The number of nitro groups is 1. The number of hydrogen-bond donors (Lipinski definition) is 0. The quantitative estimate of drug-likeness (QED) is 0.464. The van der Waals surface area contributed by atoms with Crippen molar-refractivity contribution in [3.8, 4) is 0 Å². The van der Waals surface area contributed by atoms with Crippen molar-refractivity contribution in [2.75, 3.05) is 31.3 Å². The maximum Gasteiger partial charge on any atom is 0.270 e. The molecule has 2 aliphatic heterocycles. The predicted molar refractivity (Wildman–Crippen MR) is 86.1 cm³/mol. The van der Waals surface area contributed by atoms with E-state index in [4.69, 9.17) is 4.74 Å². The molecule has 0 N–H and O–H groups in total. The van der Waals surface area contributed by atoms with Crippen molar-refractivity contribution < 1.29 is 14.5 Å². The summed E-state index contributed by atoms with van der Waals surface area (Å²) in [4.78, 5) is 24.1. The molecule has 9 nitrogen and oxygen atoms in total. The standard InChI is InChI=1S/C15H19N5O4/c1-2-13-15(18-5-7-24-8-6-18)19(17-16-13)14-4-3-12(20(22)23)9-11(14)10-21/h3-4,9-10,13,15H,2,5-8H2,1H3. The average molecular weight is 333 g/mol. The van der Waals surface area contributed by atoms with Gasteiger partial charge in [0.15, 0.2) is 6.29 Å². The van der Waals surface area contributed by atoms with E-state index in [2.05, 4.69) is 15.2 Å². The number of aldehydes is 1. The number of non-ortho nitro benzene ring substituents is 1. The Morgan fingerprint density at radius 2 is 2.17 bits per heavy atom. The molecule has 0 saturated carbocycles. The molecule has 2 unspecified atom stereocenters. The van der Waals surface area contributed by atoms with Crippen molar-refractivity contribution in [1.82, 2.24) is 4.90 Å². The highest BCUT2D eigenvalue weighted by Gasteiger charge is 2.38. The summed E-state index contributed by atoms with van der Waals surface area (Å²) in [6, 6.07) is 4.20. The second-order valence-corrected chi connectivity index (χ2v) is 5.71. The molecule has 1 saturated heterocycles. The van der Waals surface area contributed by atoms with Crippen molar-refractivity contribution in [3.05, 3.63) is 33.9 Å². The van der Waals surface area contributed by atoms with Gasteiger partial charge in [-0.1, -0.05) is 12.1 Å². The Labute approximate surface area is 139 Å². The molecule has 1 aromatic carbocycles. The summed E-state index contributed by atoms with van der Waals surface area (Å²) in [5.74, 6) is 0. The van der Waals surface area contributed by atoms with Crippen molar-refractivity contribution in [1.29, 1.82) is 0 Å². The van der Waals surface area contributed by atoms with E-state index >= 15 is 0 Å². The molecular weight excluding hydrogens is 314 g/mol. The first kappa shape index (κ1) is 16.5. The van der Waals surface area contributed by atoms with Gasteiger partial charge in [0.05, 0.1) is 23.8 Å². The summed E-state index contributed by atoms with van der Waals surface area (Å²) in [7, 11) is 0. The van der Waals surface area contributed by atoms with Gasteiger partial charge in [-0.15, -0.1) is 0 Å². The third-order valence-electron chi connectivity index (χ3n) is 4.32. The van der Waals surface area contributed by atoms with Crippen LogP contribution in [0.3, 0.4) is 0 Å². The first-order chi connectivity index (χ1) is 11.7. The summed E-state index contributed by atoms with van der Waals surface area (Å²) < 4.78 is 5.40. The summed E-state index contributed by atoms with van der Waals surface area (Å²) in [5, 5.41) is 21.2. The number of hydrogen-bond acceptors (Lipinski definition) is 8. The van der Waals surface area contributed by atoms with Crippen LogP contribution in [0.1, 0.15) is 23.7 Å². The van der Waals surface area contributed by atoms with Gasteiger partial charge < -0.3 is 4.74 Å². The number of carbonyl (C=O) groups is 1. The third-order valence-corrected chi connectivity index (χ3v) is 4.32. The number of nitro benzene ring substituents is 1. The van der Waals surface area contributed by atoms with Gasteiger partial charge in [-0.25, -0.2) is 5.01 Å². The van der Waals surface area contributed by atoms with Crippen LogP contribution in [-0.4, -0.2) is 54.6 Å². The maximum atomic E-state index is 11.4. The smallest absolute Gasteiger partial charge is 0.270 e. The first-order valence-electron chi connectivity index (χ1n) is 7.91. The number of morpholine rings is 1. The molecule has 1 fully saturated rings. The van der Waals surface area contributed by atoms with Crippen LogP contribution in [0.4, 0.5) is 11.4 Å². The zero-order valence-electron chi connectivity index (χ0n) is 13.4. The van der Waals surface area contributed by atoms with Gasteiger partial charge >= 0.3 is 0 Å². The van der Waals surface area contributed by atoms with E-state index < -0.39 is 4.92 Å². The van der Waals surface area contributed by atoms with Crippen LogP contribution >= 0.6 is 0 Å². The zero-order valence-corrected chi connectivity index (χ0v) is 13.4. The van der Waals surface area contributed by atoms with E-state index in [1.165, 1.54) is 12.1 Å². The number of anilines is 1. The van der Waals surface area contributed by atoms with Crippen LogP contribution < -0.4 is 5.01 Å². The molecule has 0 amide bonds. The van der Waals surface area contributed by atoms with Gasteiger partial charge in [-0.05, 0) is 12.5 Å². The highest BCUT2D eigenvalue weighted by molar-refractivity contribution is 5.86. The Morgan fingerprint density at radius 1 is 1.42 bits per heavy atom. The van der Waals surface area contributed by atoms with Gasteiger partial charge in [-0.3, -0.25) is 19.8 Å². The number of nitrogens with zero attached hydrogens (tertiary/aromatic N) is 5. The van der Waals surface area contributed by atoms with Gasteiger partial charge in [0.1, 0.15) is 12.2 Å². The maximum absolute atomic E-state index is 11.4. The van der Waals surface area contributed by atoms with Crippen molar-refractivity contribution in [2.45, 2.75) is 25.6 Å².